The van der Waals surface area contributed by atoms with Crippen LogP contribution in [0.2, 0.25) is 0 Å². The lowest BCUT2D eigenvalue weighted by molar-refractivity contribution is -0.142. The molecule has 1 aromatic heterocycles. The Morgan fingerprint density at radius 2 is 1.81 bits per heavy atom. The molecule has 4 rings (SSSR count). The number of nitrogens with zero attached hydrogens (tertiary/aromatic N) is 3. The van der Waals surface area contributed by atoms with Crippen LogP contribution in [0.25, 0.3) is 11.1 Å². The van der Waals surface area contributed by atoms with E-state index in [1.165, 1.54) is 4.68 Å². The Balaban J connectivity index is 1.57. The molecule has 7 nitrogen and oxygen atoms in total. The normalized spacial score (nSPS) is 22.8. The number of aliphatic hydroxyl groups is 1. The van der Waals surface area contributed by atoms with Crippen molar-refractivity contribution >= 4 is 6.09 Å². The Morgan fingerprint density at radius 1 is 1.12 bits per heavy atom. The van der Waals surface area contributed by atoms with Crippen LogP contribution in [0.15, 0.2) is 47.4 Å². The molecule has 32 heavy (non-hydrogen) atoms. The van der Waals surface area contributed by atoms with Crippen molar-refractivity contribution in [3.63, 3.8) is 0 Å². The monoisotopic (exact) mass is 439 g/mol. The Labute approximate surface area is 189 Å². The van der Waals surface area contributed by atoms with Gasteiger partial charge in [0.1, 0.15) is 5.60 Å². The molecule has 2 heterocycles. The van der Waals surface area contributed by atoms with E-state index in [0.29, 0.717) is 19.5 Å². The summed E-state index contributed by atoms with van der Waals surface area (Å²) in [7, 11) is 0. The second-order valence-corrected chi connectivity index (χ2v) is 10.3. The molecule has 0 radical (unpaired) electrons. The number of hydrogen-bond donors (Lipinski definition) is 1. The standard InChI is InChI=1S/C25H33N3O4/c1-23(2,3)32-22(30)27-14-13-25(31,24(17-27)11-7-8-12-24)18-28-21(29)15-20(16-26-28)19-9-5-4-6-10-19/h4-6,9-10,15-16,31H,7-8,11-14,17-18H2,1-3H3. The molecule has 1 aromatic carbocycles. The van der Waals surface area contributed by atoms with Crippen molar-refractivity contribution in [1.29, 1.82) is 0 Å². The summed E-state index contributed by atoms with van der Waals surface area (Å²) in [5.41, 5.74) is -0.669. The number of carbonyl (C=O) groups is 1. The summed E-state index contributed by atoms with van der Waals surface area (Å²) in [5.74, 6) is 0. The van der Waals surface area contributed by atoms with Crippen molar-refractivity contribution < 1.29 is 14.6 Å². The van der Waals surface area contributed by atoms with E-state index in [1.807, 2.05) is 51.1 Å². The number of amides is 1. The van der Waals surface area contributed by atoms with Crippen LogP contribution in [0.3, 0.4) is 0 Å². The molecule has 1 atom stereocenters. The number of hydrogen-bond acceptors (Lipinski definition) is 5. The third-order valence-electron chi connectivity index (χ3n) is 6.88. The first kappa shape index (κ1) is 22.5. The molecular weight excluding hydrogens is 406 g/mol. The molecule has 2 aromatic rings. The fraction of sp³-hybridized carbons (Fsp3) is 0.560. The first-order valence-electron chi connectivity index (χ1n) is 11.4. The van der Waals surface area contributed by atoms with Crippen LogP contribution in [0.4, 0.5) is 4.79 Å². The third kappa shape index (κ3) is 4.44. The van der Waals surface area contributed by atoms with Crippen LogP contribution in [0.1, 0.15) is 52.9 Å². The number of benzene rings is 1. The Hall–Kier alpha value is -2.67. The van der Waals surface area contributed by atoms with E-state index in [4.69, 9.17) is 4.74 Å². The van der Waals surface area contributed by atoms with Crippen molar-refractivity contribution in [2.45, 2.75) is 70.6 Å². The number of likely N-dealkylation sites (tertiary alicyclic amines) is 1. The van der Waals surface area contributed by atoms with Crippen LogP contribution < -0.4 is 5.56 Å². The molecule has 1 aliphatic heterocycles. The van der Waals surface area contributed by atoms with Crippen molar-refractivity contribution in [2.24, 2.45) is 5.41 Å². The molecule has 1 saturated heterocycles. The lowest BCUT2D eigenvalue weighted by Gasteiger charge is -2.52. The molecule has 1 spiro atoms. The van der Waals surface area contributed by atoms with Crippen molar-refractivity contribution in [3.05, 3.63) is 52.9 Å². The minimum Gasteiger partial charge on any atom is -0.444 e. The SMILES string of the molecule is CC(C)(C)OC(=O)N1CCC(O)(Cn2ncc(-c3ccccc3)cc2=O)C2(CCCC2)C1. The summed E-state index contributed by atoms with van der Waals surface area (Å²) in [6.07, 6.45) is 5.37. The molecule has 172 valence electrons. The highest BCUT2D eigenvalue weighted by Gasteiger charge is 2.56. The van der Waals surface area contributed by atoms with Gasteiger partial charge in [-0.15, -0.1) is 0 Å². The van der Waals surface area contributed by atoms with Crippen LogP contribution in [-0.4, -0.2) is 50.2 Å². The van der Waals surface area contributed by atoms with Crippen LogP contribution in [0, 0.1) is 5.41 Å². The van der Waals surface area contributed by atoms with Gasteiger partial charge in [0.15, 0.2) is 0 Å². The van der Waals surface area contributed by atoms with Gasteiger partial charge in [0.2, 0.25) is 0 Å². The molecule has 2 aliphatic rings. The number of ether oxygens (including phenoxy) is 1. The lowest BCUT2D eigenvalue weighted by Crippen LogP contribution is -2.62. The highest BCUT2D eigenvalue weighted by Crippen LogP contribution is 2.51. The maximum absolute atomic E-state index is 12.9. The number of aromatic nitrogens is 2. The Kier molecular flexibility index (Phi) is 5.88. The van der Waals surface area contributed by atoms with Gasteiger partial charge in [-0.3, -0.25) is 4.79 Å². The van der Waals surface area contributed by atoms with Gasteiger partial charge in [-0.1, -0.05) is 43.2 Å². The van der Waals surface area contributed by atoms with Gasteiger partial charge in [-0.2, -0.15) is 5.10 Å². The average molecular weight is 440 g/mol. The number of carbonyl (C=O) groups excluding carboxylic acids is 1. The molecule has 1 unspecified atom stereocenters. The Bertz CT molecular complexity index is 1020. The lowest BCUT2D eigenvalue weighted by atomic mass is 9.66. The van der Waals surface area contributed by atoms with Crippen LogP contribution in [-0.2, 0) is 11.3 Å². The van der Waals surface area contributed by atoms with Crippen molar-refractivity contribution in [2.75, 3.05) is 13.1 Å². The van der Waals surface area contributed by atoms with Gasteiger partial charge in [-0.25, -0.2) is 9.48 Å². The average Bonchev–Trinajstić information content (AvgIpc) is 3.21. The molecule has 7 heteroatoms. The summed E-state index contributed by atoms with van der Waals surface area (Å²) in [4.78, 5) is 27.3. The zero-order valence-electron chi connectivity index (χ0n) is 19.2. The second-order valence-electron chi connectivity index (χ2n) is 10.3. The number of rotatable bonds is 3. The topological polar surface area (TPSA) is 84.7 Å². The molecule has 1 N–H and O–H groups in total. The largest absolute Gasteiger partial charge is 0.444 e. The second kappa shape index (κ2) is 8.35. The van der Waals surface area contributed by atoms with Gasteiger partial charge < -0.3 is 14.7 Å². The predicted octanol–water partition coefficient (Wildman–Crippen LogP) is 3.84. The molecule has 1 aliphatic carbocycles. The minimum atomic E-state index is -1.10. The van der Waals surface area contributed by atoms with Gasteiger partial charge in [0, 0.05) is 30.1 Å². The summed E-state index contributed by atoms with van der Waals surface area (Å²) < 4.78 is 6.95. The van der Waals surface area contributed by atoms with E-state index in [-0.39, 0.29) is 18.2 Å². The molecular formula is C25H33N3O4. The minimum absolute atomic E-state index is 0.128. The Morgan fingerprint density at radius 3 is 2.44 bits per heavy atom. The third-order valence-corrected chi connectivity index (χ3v) is 6.88. The van der Waals surface area contributed by atoms with E-state index >= 15 is 0 Å². The summed E-state index contributed by atoms with van der Waals surface area (Å²) in [6.45, 7) is 6.53. The predicted molar refractivity (Wildman–Crippen MR) is 122 cm³/mol. The molecule has 2 fully saturated rings. The van der Waals surface area contributed by atoms with Crippen molar-refractivity contribution in [1.82, 2.24) is 14.7 Å². The highest BCUT2D eigenvalue weighted by atomic mass is 16.6. The van der Waals surface area contributed by atoms with Crippen LogP contribution >= 0.6 is 0 Å². The maximum Gasteiger partial charge on any atom is 0.410 e. The van der Waals surface area contributed by atoms with E-state index in [9.17, 15) is 14.7 Å². The molecule has 1 amide bonds. The van der Waals surface area contributed by atoms with E-state index < -0.39 is 16.6 Å². The fourth-order valence-electron chi connectivity index (χ4n) is 5.17. The summed E-state index contributed by atoms with van der Waals surface area (Å²) in [6, 6.07) is 11.2. The molecule has 1 saturated carbocycles. The van der Waals surface area contributed by atoms with Gasteiger partial charge in [-0.05, 0) is 45.6 Å². The van der Waals surface area contributed by atoms with Gasteiger partial charge in [0.05, 0.1) is 18.3 Å². The van der Waals surface area contributed by atoms with E-state index in [1.54, 1.807) is 17.2 Å². The summed E-state index contributed by atoms with van der Waals surface area (Å²) >= 11 is 0. The van der Waals surface area contributed by atoms with Crippen LogP contribution in [0.5, 0.6) is 0 Å². The zero-order chi connectivity index (χ0) is 23.0. The smallest absolute Gasteiger partial charge is 0.410 e. The van der Waals surface area contributed by atoms with Gasteiger partial charge in [0.25, 0.3) is 5.56 Å². The molecule has 0 bridgehead atoms. The quantitative estimate of drug-likeness (QED) is 0.785. The zero-order valence-corrected chi connectivity index (χ0v) is 19.2. The van der Waals surface area contributed by atoms with Gasteiger partial charge >= 0.3 is 6.09 Å². The fourth-order valence-corrected chi connectivity index (χ4v) is 5.17. The number of piperidine rings is 1. The first-order valence-corrected chi connectivity index (χ1v) is 11.4. The summed E-state index contributed by atoms with van der Waals surface area (Å²) in [5, 5.41) is 16.2. The van der Waals surface area contributed by atoms with E-state index in [0.717, 1.165) is 36.8 Å². The first-order chi connectivity index (χ1) is 15.1. The van der Waals surface area contributed by atoms with E-state index in [2.05, 4.69) is 5.10 Å². The highest BCUT2D eigenvalue weighted by molar-refractivity contribution is 5.68. The maximum atomic E-state index is 12.9. The van der Waals surface area contributed by atoms with Crippen molar-refractivity contribution in [3.8, 4) is 11.1 Å².